The number of amides is 1. The van der Waals surface area contributed by atoms with Crippen molar-refractivity contribution in [2.75, 3.05) is 13.2 Å². The summed E-state index contributed by atoms with van der Waals surface area (Å²) in [7, 11) is 0. The first kappa shape index (κ1) is 21.2. The molecule has 3 aromatic rings. The molecule has 0 bridgehead atoms. The number of rotatable bonds is 4. The molecule has 0 spiro atoms. The maximum absolute atomic E-state index is 12.9. The van der Waals surface area contributed by atoms with Crippen LogP contribution in [0.3, 0.4) is 0 Å². The minimum atomic E-state index is -0.445. The van der Waals surface area contributed by atoms with E-state index < -0.39 is 5.63 Å². The molecule has 1 amide bonds. The van der Waals surface area contributed by atoms with Crippen LogP contribution >= 0.6 is 23.4 Å². The van der Waals surface area contributed by atoms with Gasteiger partial charge < -0.3 is 14.6 Å². The van der Waals surface area contributed by atoms with E-state index in [1.807, 2.05) is 6.92 Å². The normalized spacial score (nSPS) is 16.7. The van der Waals surface area contributed by atoms with Gasteiger partial charge in [-0.25, -0.2) is 9.79 Å². The molecule has 4 rings (SSSR count). The van der Waals surface area contributed by atoms with Crippen LogP contribution in [0, 0.1) is 6.92 Å². The van der Waals surface area contributed by atoms with Crippen molar-refractivity contribution in [1.82, 2.24) is 4.90 Å². The van der Waals surface area contributed by atoms with Gasteiger partial charge in [-0.2, -0.15) is 0 Å². The zero-order valence-electron chi connectivity index (χ0n) is 16.3. The van der Waals surface area contributed by atoms with Crippen molar-refractivity contribution in [3.63, 3.8) is 0 Å². The molecule has 1 saturated heterocycles. The fraction of sp³-hybridized carbons (Fsp3) is 0.136. The average molecular weight is 457 g/mol. The van der Waals surface area contributed by atoms with Crippen molar-refractivity contribution in [1.29, 1.82) is 0 Å². The molecule has 2 aromatic carbocycles. The van der Waals surface area contributed by atoms with Gasteiger partial charge in [-0.1, -0.05) is 17.7 Å². The molecule has 7 nitrogen and oxygen atoms in total. The second-order valence-electron chi connectivity index (χ2n) is 6.83. The number of phenolic OH excluding ortho intramolecular Hbond substituents is 1. The molecular weight excluding hydrogens is 440 g/mol. The highest BCUT2D eigenvalue weighted by Gasteiger charge is 2.33. The lowest BCUT2D eigenvalue weighted by Crippen LogP contribution is -2.31. The lowest BCUT2D eigenvalue weighted by Gasteiger charge is -2.13. The van der Waals surface area contributed by atoms with Gasteiger partial charge in [0.15, 0.2) is 5.17 Å². The fourth-order valence-corrected chi connectivity index (χ4v) is 4.36. The number of phenols is 1. The number of aliphatic hydroxyl groups is 1. The number of carbonyl (C=O) groups excluding carboxylic acids is 1. The molecule has 158 valence electrons. The summed E-state index contributed by atoms with van der Waals surface area (Å²) in [4.78, 5) is 30.9. The number of aromatic hydroxyl groups is 1. The number of halogens is 1. The predicted molar refractivity (Wildman–Crippen MR) is 122 cm³/mol. The third kappa shape index (κ3) is 4.36. The number of carbonyl (C=O) groups is 1. The number of benzene rings is 2. The number of amidine groups is 1. The number of thioether (sulfide) groups is 1. The lowest BCUT2D eigenvalue weighted by molar-refractivity contribution is -0.122. The van der Waals surface area contributed by atoms with E-state index >= 15 is 0 Å². The Kier molecular flexibility index (Phi) is 5.86. The van der Waals surface area contributed by atoms with E-state index in [1.165, 1.54) is 17.0 Å². The van der Waals surface area contributed by atoms with E-state index in [-0.39, 0.29) is 29.8 Å². The van der Waals surface area contributed by atoms with Crippen LogP contribution in [0.1, 0.15) is 11.1 Å². The molecule has 31 heavy (non-hydrogen) atoms. The summed E-state index contributed by atoms with van der Waals surface area (Å²) in [6, 6.07) is 11.3. The highest BCUT2D eigenvalue weighted by atomic mass is 35.5. The molecule has 1 aliphatic rings. The zero-order valence-corrected chi connectivity index (χ0v) is 17.9. The van der Waals surface area contributed by atoms with Gasteiger partial charge in [-0.3, -0.25) is 9.69 Å². The van der Waals surface area contributed by atoms with E-state index in [1.54, 1.807) is 36.4 Å². The molecule has 2 heterocycles. The Balaban J connectivity index is 1.72. The Labute approximate surface area is 186 Å². The van der Waals surface area contributed by atoms with Crippen LogP contribution in [0.25, 0.3) is 17.0 Å². The van der Waals surface area contributed by atoms with Crippen LogP contribution in [-0.4, -0.2) is 39.3 Å². The Hall–Kier alpha value is -3.07. The minimum Gasteiger partial charge on any atom is -0.506 e. The molecule has 9 heteroatoms. The summed E-state index contributed by atoms with van der Waals surface area (Å²) in [5, 5.41) is 20.4. The number of nitrogens with zero attached hydrogens (tertiary/aromatic N) is 2. The van der Waals surface area contributed by atoms with Gasteiger partial charge in [-0.15, -0.1) is 0 Å². The number of β-amino-alcohol motifs (C(OH)–C–C–N with tert-alkyl or cyclic N) is 1. The van der Waals surface area contributed by atoms with Crippen LogP contribution < -0.4 is 5.63 Å². The van der Waals surface area contributed by atoms with Gasteiger partial charge >= 0.3 is 5.63 Å². The second-order valence-corrected chi connectivity index (χ2v) is 8.24. The first-order chi connectivity index (χ1) is 14.9. The summed E-state index contributed by atoms with van der Waals surface area (Å²) in [5.41, 5.74) is 1.92. The maximum Gasteiger partial charge on any atom is 0.336 e. The van der Waals surface area contributed by atoms with Crippen molar-refractivity contribution in [2.45, 2.75) is 6.92 Å². The average Bonchev–Trinajstić information content (AvgIpc) is 2.99. The molecule has 0 radical (unpaired) electrons. The van der Waals surface area contributed by atoms with Crippen molar-refractivity contribution < 1.29 is 19.4 Å². The van der Waals surface area contributed by atoms with Crippen LogP contribution in [0.15, 0.2) is 61.6 Å². The fourth-order valence-electron chi connectivity index (χ4n) is 3.15. The van der Waals surface area contributed by atoms with Crippen molar-refractivity contribution in [3.05, 3.63) is 73.9 Å². The predicted octanol–water partition coefficient (Wildman–Crippen LogP) is 4.06. The summed E-state index contributed by atoms with van der Waals surface area (Å²) in [5.74, 6) is -0.346. The minimum absolute atomic E-state index is 0.0448. The molecule has 0 unspecified atom stereocenters. The third-order valence-electron chi connectivity index (χ3n) is 4.64. The van der Waals surface area contributed by atoms with Gasteiger partial charge in [0.25, 0.3) is 5.91 Å². The SMILES string of the molecule is Cc1cc(=O)oc2cc(N=C3S/C(=C\c4ccc(O)c(Cl)c4)C(=O)N3CCO)ccc12. The van der Waals surface area contributed by atoms with Crippen LogP contribution in [-0.2, 0) is 4.79 Å². The Morgan fingerprint density at radius 1 is 1.19 bits per heavy atom. The number of aliphatic hydroxyl groups excluding tert-OH is 1. The van der Waals surface area contributed by atoms with Gasteiger partial charge in [-0.05, 0) is 60.2 Å². The highest BCUT2D eigenvalue weighted by Crippen LogP contribution is 2.35. The van der Waals surface area contributed by atoms with Crippen molar-refractivity contribution in [3.8, 4) is 5.75 Å². The van der Waals surface area contributed by atoms with Gasteiger partial charge in [0.2, 0.25) is 0 Å². The van der Waals surface area contributed by atoms with Crippen LogP contribution in [0.4, 0.5) is 5.69 Å². The number of hydrogen-bond acceptors (Lipinski definition) is 7. The number of hydrogen-bond donors (Lipinski definition) is 2. The Morgan fingerprint density at radius 3 is 2.74 bits per heavy atom. The Bertz CT molecular complexity index is 1310. The van der Waals surface area contributed by atoms with Crippen molar-refractivity contribution in [2.24, 2.45) is 4.99 Å². The number of aryl methyl sites for hydroxylation is 1. The largest absolute Gasteiger partial charge is 0.506 e. The molecule has 1 aromatic heterocycles. The van der Waals surface area contributed by atoms with E-state index in [0.29, 0.717) is 26.9 Å². The summed E-state index contributed by atoms with van der Waals surface area (Å²) in [6.45, 7) is 1.68. The molecule has 0 saturated carbocycles. The molecule has 0 atom stereocenters. The molecule has 0 aliphatic carbocycles. The van der Waals surface area contributed by atoms with Gasteiger partial charge in [0, 0.05) is 17.5 Å². The summed E-state index contributed by atoms with van der Waals surface area (Å²) >= 11 is 7.11. The number of aliphatic imine (C=N–C) groups is 1. The van der Waals surface area contributed by atoms with E-state index in [9.17, 15) is 19.8 Å². The van der Waals surface area contributed by atoms with Gasteiger partial charge in [0.05, 0.1) is 28.8 Å². The topological polar surface area (TPSA) is 103 Å². The highest BCUT2D eigenvalue weighted by molar-refractivity contribution is 8.18. The van der Waals surface area contributed by atoms with Crippen LogP contribution in [0.2, 0.25) is 5.02 Å². The third-order valence-corrected chi connectivity index (χ3v) is 5.95. The molecule has 1 aliphatic heterocycles. The lowest BCUT2D eigenvalue weighted by atomic mass is 10.1. The Morgan fingerprint density at radius 2 is 2.00 bits per heavy atom. The summed E-state index contributed by atoms with van der Waals surface area (Å²) < 4.78 is 5.27. The maximum atomic E-state index is 12.9. The second kappa shape index (κ2) is 8.58. The first-order valence-electron chi connectivity index (χ1n) is 9.29. The summed E-state index contributed by atoms with van der Waals surface area (Å²) in [6.07, 6.45) is 1.65. The van der Waals surface area contributed by atoms with Crippen LogP contribution in [0.5, 0.6) is 5.75 Å². The van der Waals surface area contributed by atoms with Gasteiger partial charge in [0.1, 0.15) is 11.3 Å². The molecular formula is C22H17ClN2O5S. The van der Waals surface area contributed by atoms with E-state index in [2.05, 4.69) is 4.99 Å². The smallest absolute Gasteiger partial charge is 0.336 e. The first-order valence-corrected chi connectivity index (χ1v) is 10.5. The number of fused-ring (bicyclic) bond motifs is 1. The van der Waals surface area contributed by atoms with E-state index in [4.69, 9.17) is 16.0 Å². The quantitative estimate of drug-likeness (QED) is 0.453. The molecule has 1 fully saturated rings. The monoisotopic (exact) mass is 456 g/mol. The van der Waals surface area contributed by atoms with E-state index in [0.717, 1.165) is 22.7 Å². The zero-order chi connectivity index (χ0) is 22.1. The molecule has 2 N–H and O–H groups in total. The standard InChI is InChI=1S/C22H17ClN2O5S/c1-12-8-20(28)30-18-11-14(3-4-15(12)18)24-22-25(6-7-26)21(29)19(31-22)10-13-2-5-17(27)16(23)9-13/h2-5,8-11,26-27H,6-7H2,1H3/b19-10-,24-22?. The van der Waals surface area contributed by atoms with Crippen molar-refractivity contribution >= 4 is 57.2 Å².